The van der Waals surface area contributed by atoms with Gasteiger partial charge in [-0.15, -0.1) is 0 Å². The minimum absolute atomic E-state index is 0.0976. The van der Waals surface area contributed by atoms with Gasteiger partial charge in [0.25, 0.3) is 0 Å². The summed E-state index contributed by atoms with van der Waals surface area (Å²) < 4.78 is 47.5. The second kappa shape index (κ2) is 12.9. The van der Waals surface area contributed by atoms with Crippen molar-refractivity contribution in [3.8, 4) is 5.75 Å². The van der Waals surface area contributed by atoms with E-state index >= 15 is 0 Å². The molecule has 3 aromatic rings. The number of nitrogens with zero attached hydrogens (tertiary/aromatic N) is 1. The molecule has 2 aromatic carbocycles. The summed E-state index contributed by atoms with van der Waals surface area (Å²) in [4.78, 5) is 4.15. The third-order valence-electron chi connectivity index (χ3n) is 4.97. The lowest BCUT2D eigenvalue weighted by molar-refractivity contribution is 0.228. The van der Waals surface area contributed by atoms with E-state index in [-0.39, 0.29) is 35.0 Å². The van der Waals surface area contributed by atoms with Crippen LogP contribution in [-0.2, 0) is 0 Å². The molecule has 0 saturated carbocycles. The van der Waals surface area contributed by atoms with E-state index in [1.54, 1.807) is 50.5 Å². The van der Waals surface area contributed by atoms with Crippen LogP contribution in [0.1, 0.15) is 49.1 Å². The Bertz CT molecular complexity index is 1140. The Kier molecular flexibility index (Phi) is 10.3. The van der Waals surface area contributed by atoms with E-state index in [0.29, 0.717) is 28.1 Å². The van der Waals surface area contributed by atoms with E-state index in [1.165, 1.54) is 12.1 Å². The molecule has 1 aromatic heterocycles. The molecule has 1 atom stereocenters. The van der Waals surface area contributed by atoms with E-state index in [0.717, 1.165) is 5.56 Å². The van der Waals surface area contributed by atoms with Gasteiger partial charge in [0, 0.05) is 30.8 Å². The zero-order valence-electron chi connectivity index (χ0n) is 20.2. The number of nitrogen functional groups attached to an aromatic ring is 1. The van der Waals surface area contributed by atoms with Crippen LogP contribution in [0.4, 0.5) is 30.4 Å². The first-order valence-corrected chi connectivity index (χ1v) is 11.9. The number of hydrogen-bond acceptors (Lipinski definition) is 7. The molecular weight excluding hydrogens is 475 g/mol. The minimum atomic E-state index is -2.64. The number of ether oxygens (including phenoxy) is 1. The first-order valence-electron chi connectivity index (χ1n) is 11.0. The zero-order chi connectivity index (χ0) is 26.1. The van der Waals surface area contributed by atoms with Gasteiger partial charge in [0.05, 0.1) is 22.6 Å². The van der Waals surface area contributed by atoms with E-state index in [4.69, 9.17) is 15.9 Å². The van der Waals surface area contributed by atoms with Crippen molar-refractivity contribution < 1.29 is 17.9 Å². The minimum Gasteiger partial charge on any atom is -0.484 e. The molecule has 0 radical (unpaired) electrons. The predicted octanol–water partition coefficient (Wildman–Crippen LogP) is 7.02. The Morgan fingerprint density at radius 1 is 1.14 bits per heavy atom. The molecule has 0 saturated heterocycles. The highest BCUT2D eigenvalue weighted by atomic mass is 32.2. The topological polar surface area (TPSA) is 96.0 Å². The molecule has 0 aliphatic carbocycles. The van der Waals surface area contributed by atoms with Gasteiger partial charge in [-0.1, -0.05) is 32.0 Å². The smallest absolute Gasteiger partial charge is 0.302 e. The summed E-state index contributed by atoms with van der Waals surface area (Å²) in [5, 5.41) is 11.8. The quantitative estimate of drug-likeness (QED) is 0.184. The van der Waals surface area contributed by atoms with Gasteiger partial charge in [-0.05, 0) is 49.2 Å². The molecule has 188 valence electrons. The van der Waals surface area contributed by atoms with Gasteiger partial charge in [-0.25, -0.2) is 9.37 Å². The summed E-state index contributed by atoms with van der Waals surface area (Å²) in [5.74, 6) is -2.57. The monoisotopic (exact) mass is 505 g/mol. The molecule has 5 N–H and O–H groups in total. The molecule has 1 heterocycles. The average molecular weight is 506 g/mol. The Morgan fingerprint density at radius 3 is 2.40 bits per heavy atom. The Balaban J connectivity index is 0.00000210. The van der Waals surface area contributed by atoms with Gasteiger partial charge in [0.1, 0.15) is 23.5 Å². The van der Waals surface area contributed by atoms with Crippen molar-refractivity contribution in [3.05, 3.63) is 76.7 Å². The maximum Gasteiger partial charge on any atom is 0.302 e. The van der Waals surface area contributed by atoms with E-state index in [9.17, 15) is 13.2 Å². The lowest BCUT2D eigenvalue weighted by Gasteiger charge is -2.20. The van der Waals surface area contributed by atoms with Crippen LogP contribution < -0.4 is 20.5 Å². The fourth-order valence-corrected chi connectivity index (χ4v) is 3.68. The molecule has 6 nitrogen and oxygen atoms in total. The molecule has 0 spiro atoms. The van der Waals surface area contributed by atoms with Gasteiger partial charge in [0.2, 0.25) is 0 Å². The fraction of sp³-hybridized carbons (Fsp3) is 0.280. The molecule has 0 fully saturated rings. The van der Waals surface area contributed by atoms with Crippen molar-refractivity contribution in [2.24, 2.45) is 0 Å². The van der Waals surface area contributed by atoms with Crippen LogP contribution in [-0.4, -0.2) is 23.5 Å². The highest BCUT2D eigenvalue weighted by molar-refractivity contribution is 8.00. The number of rotatable bonds is 9. The third kappa shape index (κ3) is 7.05. The van der Waals surface area contributed by atoms with Crippen molar-refractivity contribution in [2.75, 3.05) is 22.8 Å². The number of nitrogens with one attached hydrogen (secondary N) is 3. The summed E-state index contributed by atoms with van der Waals surface area (Å²) in [7, 11) is 1.73. The molecule has 1 unspecified atom stereocenters. The number of aromatic nitrogens is 1. The van der Waals surface area contributed by atoms with Crippen LogP contribution in [0.5, 0.6) is 5.75 Å². The summed E-state index contributed by atoms with van der Waals surface area (Å²) in [5.41, 5.74) is 9.56. The summed E-state index contributed by atoms with van der Waals surface area (Å²) in [6.45, 7) is 7.61. The fourth-order valence-electron chi connectivity index (χ4n) is 3.30. The Morgan fingerprint density at radius 2 is 1.80 bits per heavy atom. The van der Waals surface area contributed by atoms with E-state index < -0.39 is 11.9 Å². The highest BCUT2D eigenvalue weighted by Crippen LogP contribution is 2.35. The van der Waals surface area contributed by atoms with Crippen molar-refractivity contribution >= 4 is 34.9 Å². The van der Waals surface area contributed by atoms with Crippen LogP contribution in [0.2, 0.25) is 0 Å². The van der Waals surface area contributed by atoms with Crippen molar-refractivity contribution in [1.82, 2.24) is 4.98 Å². The van der Waals surface area contributed by atoms with E-state index in [1.807, 2.05) is 20.8 Å². The SMILES string of the molecule is CC.CNc1c(C)cnc(N)c1C(=N)c1ccc(NSC(F)F)c(OC(C)c2ccc(F)cc2)c1. The van der Waals surface area contributed by atoms with Gasteiger partial charge in [0.15, 0.2) is 0 Å². The summed E-state index contributed by atoms with van der Waals surface area (Å²) in [6.07, 6.45) is 1.11. The van der Waals surface area contributed by atoms with Crippen molar-refractivity contribution in [2.45, 2.75) is 39.6 Å². The second-order valence-electron chi connectivity index (χ2n) is 7.20. The summed E-state index contributed by atoms with van der Waals surface area (Å²) >= 11 is 0.238. The molecular formula is C25H30F3N5OS. The van der Waals surface area contributed by atoms with E-state index in [2.05, 4.69) is 15.0 Å². The number of benzene rings is 2. The molecule has 10 heteroatoms. The number of alkyl halides is 2. The second-order valence-corrected chi connectivity index (χ2v) is 8.00. The Labute approximate surface area is 208 Å². The van der Waals surface area contributed by atoms with Gasteiger partial charge in [-0.3, -0.25) is 5.41 Å². The van der Waals surface area contributed by atoms with Gasteiger partial charge in [-0.2, -0.15) is 8.78 Å². The van der Waals surface area contributed by atoms with Crippen molar-refractivity contribution in [3.63, 3.8) is 0 Å². The number of aryl methyl sites for hydroxylation is 1. The van der Waals surface area contributed by atoms with Gasteiger partial charge < -0.3 is 20.5 Å². The first-order chi connectivity index (χ1) is 16.7. The van der Waals surface area contributed by atoms with Gasteiger partial charge >= 0.3 is 5.76 Å². The average Bonchev–Trinajstić information content (AvgIpc) is 2.85. The van der Waals surface area contributed by atoms with Crippen LogP contribution in [0, 0.1) is 18.2 Å². The standard InChI is InChI=1S/C23H24F3N5OS.C2H6/c1-12-11-30-22(28)19(21(12)29-3)20(27)15-6-9-17(31-33-23(25)26)18(10-15)32-13(2)14-4-7-16(24)8-5-14;1-2/h4-11,13,23,27,31H,1-3H3,(H3,28,29,30);1-2H3. The lowest BCUT2D eigenvalue weighted by Crippen LogP contribution is -2.13. The van der Waals surface area contributed by atoms with Crippen LogP contribution in [0.15, 0.2) is 48.7 Å². The lowest BCUT2D eigenvalue weighted by atomic mass is 9.99. The number of halogens is 3. The van der Waals surface area contributed by atoms with Crippen molar-refractivity contribution in [1.29, 1.82) is 5.41 Å². The van der Waals surface area contributed by atoms with Crippen LogP contribution in [0.25, 0.3) is 0 Å². The highest BCUT2D eigenvalue weighted by Gasteiger charge is 2.19. The normalized spacial score (nSPS) is 11.3. The van der Waals surface area contributed by atoms with Crippen LogP contribution in [0.3, 0.4) is 0 Å². The number of anilines is 3. The maximum atomic E-state index is 13.3. The molecule has 0 amide bonds. The zero-order valence-corrected chi connectivity index (χ0v) is 21.1. The molecule has 0 bridgehead atoms. The maximum absolute atomic E-state index is 13.3. The largest absolute Gasteiger partial charge is 0.484 e. The number of hydrogen-bond donors (Lipinski definition) is 4. The molecule has 35 heavy (non-hydrogen) atoms. The Hall–Kier alpha value is -3.40. The molecule has 0 aliphatic heterocycles. The number of pyridine rings is 1. The van der Waals surface area contributed by atoms with Crippen LogP contribution >= 0.6 is 11.9 Å². The molecule has 0 aliphatic rings. The third-order valence-corrected chi connectivity index (χ3v) is 5.49. The first kappa shape index (κ1) is 27.8. The molecule has 3 rings (SSSR count). The number of nitrogens with two attached hydrogens (primary N) is 1. The summed E-state index contributed by atoms with van der Waals surface area (Å²) in [6, 6.07) is 10.6. The predicted molar refractivity (Wildman–Crippen MR) is 139 cm³/mol.